The first-order valence-electron chi connectivity index (χ1n) is 6.79. The van der Waals surface area contributed by atoms with Gasteiger partial charge in [-0.05, 0) is 44.0 Å². The van der Waals surface area contributed by atoms with E-state index in [0.717, 1.165) is 30.4 Å². The van der Waals surface area contributed by atoms with Crippen LogP contribution in [0.1, 0.15) is 31.9 Å². The molecule has 0 bridgehead atoms. The van der Waals surface area contributed by atoms with E-state index in [1.165, 1.54) is 19.3 Å². The maximum Gasteiger partial charge on any atom is 0.0558 e. The van der Waals surface area contributed by atoms with Crippen molar-refractivity contribution in [2.75, 3.05) is 13.1 Å². The molecule has 3 nitrogen and oxygen atoms in total. The first-order chi connectivity index (χ1) is 8.74. The normalized spacial score (nSPS) is 23.8. The quantitative estimate of drug-likeness (QED) is 0.892. The summed E-state index contributed by atoms with van der Waals surface area (Å²) in [7, 11) is 0. The molecule has 0 amide bonds. The van der Waals surface area contributed by atoms with Crippen LogP contribution in [-0.4, -0.2) is 29.0 Å². The molecule has 0 aromatic carbocycles. The molecule has 1 fully saturated rings. The van der Waals surface area contributed by atoms with Crippen molar-refractivity contribution in [2.45, 2.75) is 38.8 Å². The number of rotatable bonds is 5. The van der Waals surface area contributed by atoms with Crippen LogP contribution in [-0.2, 0) is 6.54 Å². The van der Waals surface area contributed by atoms with Gasteiger partial charge >= 0.3 is 0 Å². The third-order valence-electron chi connectivity index (χ3n) is 3.94. The van der Waals surface area contributed by atoms with Gasteiger partial charge in [-0.2, -0.15) is 0 Å². The van der Waals surface area contributed by atoms with Gasteiger partial charge in [0.1, 0.15) is 0 Å². The van der Waals surface area contributed by atoms with Crippen molar-refractivity contribution >= 4 is 11.6 Å². The predicted octanol–water partition coefficient (Wildman–Crippen LogP) is 2.68. The molecular weight excluding hydrogens is 246 g/mol. The maximum absolute atomic E-state index is 6.01. The van der Waals surface area contributed by atoms with Crippen LogP contribution in [0.4, 0.5) is 0 Å². The minimum absolute atomic E-state index is 0.612. The van der Waals surface area contributed by atoms with E-state index in [2.05, 4.69) is 16.8 Å². The standard InChI is InChI=1S/C14H22ClN3/c1-2-18(14-5-3-4-11(14)9-16)10-13-8-12(15)6-7-17-13/h6-8,11,14H,2-5,9-10,16H2,1H3. The third-order valence-corrected chi connectivity index (χ3v) is 4.18. The molecule has 1 saturated carbocycles. The van der Waals surface area contributed by atoms with Gasteiger partial charge in [0, 0.05) is 23.8 Å². The fourth-order valence-electron chi connectivity index (χ4n) is 2.98. The van der Waals surface area contributed by atoms with Crippen LogP contribution in [0, 0.1) is 5.92 Å². The largest absolute Gasteiger partial charge is 0.330 e. The van der Waals surface area contributed by atoms with E-state index >= 15 is 0 Å². The van der Waals surface area contributed by atoms with Gasteiger partial charge in [0.05, 0.1) is 5.69 Å². The molecule has 2 unspecified atom stereocenters. The van der Waals surface area contributed by atoms with Crippen LogP contribution < -0.4 is 5.73 Å². The number of nitrogens with two attached hydrogens (primary N) is 1. The third kappa shape index (κ3) is 3.22. The van der Waals surface area contributed by atoms with Crippen LogP contribution in [0.3, 0.4) is 0 Å². The second kappa shape index (κ2) is 6.50. The molecule has 0 saturated heterocycles. The molecule has 4 heteroatoms. The van der Waals surface area contributed by atoms with Gasteiger partial charge in [0.25, 0.3) is 0 Å². The Labute approximate surface area is 114 Å². The van der Waals surface area contributed by atoms with Gasteiger partial charge in [-0.3, -0.25) is 9.88 Å². The van der Waals surface area contributed by atoms with Crippen molar-refractivity contribution in [3.63, 3.8) is 0 Å². The molecule has 100 valence electrons. The van der Waals surface area contributed by atoms with Gasteiger partial charge in [-0.1, -0.05) is 24.9 Å². The zero-order chi connectivity index (χ0) is 13.0. The highest BCUT2D eigenvalue weighted by atomic mass is 35.5. The lowest BCUT2D eigenvalue weighted by Crippen LogP contribution is -2.39. The van der Waals surface area contributed by atoms with Crippen molar-refractivity contribution < 1.29 is 0 Å². The first-order valence-corrected chi connectivity index (χ1v) is 7.17. The fourth-order valence-corrected chi connectivity index (χ4v) is 3.16. The van der Waals surface area contributed by atoms with E-state index in [0.29, 0.717) is 12.0 Å². The Hall–Kier alpha value is -0.640. The van der Waals surface area contributed by atoms with Crippen molar-refractivity contribution in [1.29, 1.82) is 0 Å². The van der Waals surface area contributed by atoms with Gasteiger partial charge in [0.2, 0.25) is 0 Å². The van der Waals surface area contributed by atoms with E-state index < -0.39 is 0 Å². The van der Waals surface area contributed by atoms with Crippen molar-refractivity contribution in [3.05, 3.63) is 29.0 Å². The highest BCUT2D eigenvalue weighted by Crippen LogP contribution is 2.30. The van der Waals surface area contributed by atoms with Crippen LogP contribution >= 0.6 is 11.6 Å². The minimum atomic E-state index is 0.612. The molecule has 1 aliphatic rings. The molecule has 2 N–H and O–H groups in total. The highest BCUT2D eigenvalue weighted by molar-refractivity contribution is 6.30. The maximum atomic E-state index is 6.01. The Morgan fingerprint density at radius 1 is 1.50 bits per heavy atom. The summed E-state index contributed by atoms with van der Waals surface area (Å²) < 4.78 is 0. The number of halogens is 1. The molecule has 0 radical (unpaired) electrons. The smallest absolute Gasteiger partial charge is 0.0558 e. The monoisotopic (exact) mass is 267 g/mol. The van der Waals surface area contributed by atoms with Crippen LogP contribution in [0.5, 0.6) is 0 Å². The van der Waals surface area contributed by atoms with Crippen molar-refractivity contribution in [3.8, 4) is 0 Å². The Kier molecular flexibility index (Phi) is 4.98. The second-order valence-electron chi connectivity index (χ2n) is 5.02. The van der Waals surface area contributed by atoms with Crippen LogP contribution in [0.15, 0.2) is 18.3 Å². The summed E-state index contributed by atoms with van der Waals surface area (Å²) in [5, 5.41) is 0.762. The Morgan fingerprint density at radius 3 is 3.00 bits per heavy atom. The second-order valence-corrected chi connectivity index (χ2v) is 5.46. The molecule has 18 heavy (non-hydrogen) atoms. The lowest BCUT2D eigenvalue weighted by Gasteiger charge is -2.31. The Bertz CT molecular complexity index is 383. The molecule has 0 spiro atoms. The van der Waals surface area contributed by atoms with Crippen LogP contribution in [0.25, 0.3) is 0 Å². The van der Waals surface area contributed by atoms with E-state index in [1.807, 2.05) is 12.1 Å². The lowest BCUT2D eigenvalue weighted by atomic mass is 10.0. The number of aromatic nitrogens is 1. The summed E-state index contributed by atoms with van der Waals surface area (Å²) in [6.45, 7) is 4.91. The highest BCUT2D eigenvalue weighted by Gasteiger charge is 2.30. The molecule has 2 rings (SSSR count). The SMILES string of the molecule is CCN(Cc1cc(Cl)ccn1)C1CCCC1CN. The molecule has 1 aliphatic carbocycles. The molecule has 0 aliphatic heterocycles. The number of hydrogen-bond acceptors (Lipinski definition) is 3. The topological polar surface area (TPSA) is 42.2 Å². The summed E-state index contributed by atoms with van der Waals surface area (Å²) in [5.41, 5.74) is 6.92. The van der Waals surface area contributed by atoms with E-state index in [-0.39, 0.29) is 0 Å². The van der Waals surface area contributed by atoms with Gasteiger partial charge in [0.15, 0.2) is 0 Å². The van der Waals surface area contributed by atoms with E-state index in [1.54, 1.807) is 6.20 Å². The van der Waals surface area contributed by atoms with Crippen molar-refractivity contribution in [1.82, 2.24) is 9.88 Å². The minimum Gasteiger partial charge on any atom is -0.330 e. The summed E-state index contributed by atoms with van der Waals surface area (Å²) in [6.07, 6.45) is 5.60. The van der Waals surface area contributed by atoms with Gasteiger partial charge < -0.3 is 5.73 Å². The summed E-state index contributed by atoms with van der Waals surface area (Å²) in [6, 6.07) is 4.39. The molecule has 1 heterocycles. The molecular formula is C14H22ClN3. The molecule has 1 aromatic rings. The summed E-state index contributed by atoms with van der Waals surface area (Å²) >= 11 is 6.01. The first kappa shape index (κ1) is 13.8. The Morgan fingerprint density at radius 2 is 2.33 bits per heavy atom. The van der Waals surface area contributed by atoms with Crippen molar-refractivity contribution in [2.24, 2.45) is 11.7 Å². The number of nitrogens with zero attached hydrogens (tertiary/aromatic N) is 2. The molecule has 2 atom stereocenters. The lowest BCUT2D eigenvalue weighted by molar-refractivity contribution is 0.160. The average Bonchev–Trinajstić information content (AvgIpc) is 2.84. The molecule has 1 aromatic heterocycles. The fraction of sp³-hybridized carbons (Fsp3) is 0.643. The van der Waals surface area contributed by atoms with E-state index in [9.17, 15) is 0 Å². The van der Waals surface area contributed by atoms with Gasteiger partial charge in [-0.15, -0.1) is 0 Å². The Balaban J connectivity index is 2.05. The zero-order valence-electron chi connectivity index (χ0n) is 11.0. The number of hydrogen-bond donors (Lipinski definition) is 1. The van der Waals surface area contributed by atoms with Crippen LogP contribution in [0.2, 0.25) is 5.02 Å². The zero-order valence-corrected chi connectivity index (χ0v) is 11.7. The summed E-state index contributed by atoms with van der Waals surface area (Å²) in [5.74, 6) is 0.643. The van der Waals surface area contributed by atoms with Gasteiger partial charge in [-0.25, -0.2) is 0 Å². The number of pyridine rings is 1. The van der Waals surface area contributed by atoms with E-state index in [4.69, 9.17) is 17.3 Å². The summed E-state index contributed by atoms with van der Waals surface area (Å²) in [4.78, 5) is 6.88. The predicted molar refractivity (Wildman–Crippen MR) is 75.5 cm³/mol. The average molecular weight is 268 g/mol.